The Morgan fingerprint density at radius 2 is 1.62 bits per heavy atom. The molecule has 3 aromatic carbocycles. The van der Waals surface area contributed by atoms with Crippen molar-refractivity contribution in [3.63, 3.8) is 0 Å². The molecule has 3 aromatic rings. The Morgan fingerprint density at radius 1 is 0.942 bits per heavy atom. The highest BCUT2D eigenvalue weighted by Gasteiger charge is 2.34. The first-order chi connectivity index (χ1) is 24.7. The molecule has 0 radical (unpaired) electrons. The number of hydrogen-bond acceptors (Lipinski definition) is 6. The summed E-state index contributed by atoms with van der Waals surface area (Å²) in [6.45, 7) is 8.15. The molecule has 278 valence electrons. The lowest BCUT2D eigenvalue weighted by Crippen LogP contribution is -2.56. The van der Waals surface area contributed by atoms with Crippen LogP contribution >= 0.6 is 0 Å². The molecule has 0 bridgehead atoms. The number of para-hydroxylation sites is 1. The van der Waals surface area contributed by atoms with Gasteiger partial charge in [-0.15, -0.1) is 0 Å². The number of hydrogen-bond donors (Lipinski definition) is 4. The molecule has 1 aliphatic heterocycles. The maximum absolute atomic E-state index is 14.0. The van der Waals surface area contributed by atoms with Crippen molar-refractivity contribution < 1.29 is 33.1 Å². The van der Waals surface area contributed by atoms with Crippen molar-refractivity contribution in [2.75, 3.05) is 26.7 Å². The molecule has 4 rings (SSSR count). The third-order valence-electron chi connectivity index (χ3n) is 9.11. The van der Waals surface area contributed by atoms with Crippen LogP contribution in [0.1, 0.15) is 68.4 Å². The van der Waals surface area contributed by atoms with Crippen LogP contribution in [0.2, 0.25) is 0 Å². The zero-order valence-electron chi connectivity index (χ0n) is 30.5. The third-order valence-corrected chi connectivity index (χ3v) is 9.11. The van der Waals surface area contributed by atoms with Crippen molar-refractivity contribution in [3.8, 4) is 5.75 Å². The van der Waals surface area contributed by atoms with E-state index in [2.05, 4.69) is 21.3 Å². The van der Waals surface area contributed by atoms with Crippen LogP contribution in [0.3, 0.4) is 0 Å². The van der Waals surface area contributed by atoms with E-state index in [9.17, 15) is 28.4 Å². The number of carbonyl (C=O) groups is 5. The third kappa shape index (κ3) is 11.1. The fourth-order valence-electron chi connectivity index (χ4n) is 5.96. The minimum Gasteiger partial charge on any atom is -0.493 e. The lowest BCUT2D eigenvalue weighted by atomic mass is 9.84. The van der Waals surface area contributed by atoms with Gasteiger partial charge in [-0.2, -0.15) is 0 Å². The minimum absolute atomic E-state index is 0.00532. The monoisotopic (exact) mass is 715 g/mol. The largest absolute Gasteiger partial charge is 0.493 e. The molecule has 3 atom stereocenters. The van der Waals surface area contributed by atoms with E-state index in [0.29, 0.717) is 6.42 Å². The summed E-state index contributed by atoms with van der Waals surface area (Å²) in [5.74, 6) is -2.79. The van der Waals surface area contributed by atoms with Crippen LogP contribution in [0.5, 0.6) is 5.75 Å². The zero-order valence-corrected chi connectivity index (χ0v) is 30.5. The molecule has 1 aliphatic rings. The second-order valence-electron chi connectivity index (χ2n) is 14.2. The molecule has 0 unspecified atom stereocenters. The number of nitrogens with one attached hydrogen (secondary N) is 4. The Kier molecular flexibility index (Phi) is 13.9. The maximum Gasteiger partial charge on any atom is 0.255 e. The Hall–Kier alpha value is -5.26. The van der Waals surface area contributed by atoms with Crippen LogP contribution in [-0.4, -0.2) is 79.3 Å². The average molecular weight is 716 g/mol. The molecule has 0 aromatic heterocycles. The van der Waals surface area contributed by atoms with Gasteiger partial charge in [-0.25, -0.2) is 4.39 Å². The van der Waals surface area contributed by atoms with E-state index in [1.165, 1.54) is 24.1 Å². The zero-order chi connectivity index (χ0) is 37.8. The van der Waals surface area contributed by atoms with Gasteiger partial charge in [0, 0.05) is 32.0 Å². The number of ether oxygens (including phenoxy) is 1. The molecule has 0 saturated heterocycles. The van der Waals surface area contributed by atoms with E-state index in [-0.39, 0.29) is 61.5 Å². The summed E-state index contributed by atoms with van der Waals surface area (Å²) in [7, 11) is 1.48. The second-order valence-corrected chi connectivity index (χ2v) is 14.2. The highest BCUT2D eigenvalue weighted by molar-refractivity contribution is 6.01. The van der Waals surface area contributed by atoms with Gasteiger partial charge in [0.1, 0.15) is 29.7 Å². The fourth-order valence-corrected chi connectivity index (χ4v) is 5.96. The number of benzene rings is 3. The predicted octanol–water partition coefficient (Wildman–Crippen LogP) is 3.91. The molecule has 4 N–H and O–H groups in total. The normalized spacial score (nSPS) is 19.7. The molecule has 0 saturated carbocycles. The molecule has 52 heavy (non-hydrogen) atoms. The first-order valence-corrected chi connectivity index (χ1v) is 17.7. The first-order valence-electron chi connectivity index (χ1n) is 17.7. The number of carbonyl (C=O) groups excluding carboxylic acids is 5. The van der Waals surface area contributed by atoms with Crippen LogP contribution in [0.25, 0.3) is 0 Å². The van der Waals surface area contributed by atoms with Gasteiger partial charge in [-0.1, -0.05) is 82.3 Å². The standard InChI is InChI=1S/C40H50FN5O6/c1-26(2)22-33-39(51)45-31(23-27-12-7-6-8-13-27)37(49)42-20-11-21-52-34-15-10-9-14-30(34)36(48)44-32(24-35(47)46(33)5)38(50)43-25-40(3,4)28-16-18-29(41)19-17-28/h6-10,12-19,26,31-33H,11,20-25H2,1-5H3,(H,42,49)(H,43,50)(H,44,48)(H,45,51)/t31-,32-,33-/m0/s1. The molecule has 0 aliphatic carbocycles. The summed E-state index contributed by atoms with van der Waals surface area (Å²) in [5.41, 5.74) is 1.18. The smallest absolute Gasteiger partial charge is 0.255 e. The minimum atomic E-state index is -1.32. The number of fused-ring (bicyclic) bond motifs is 1. The van der Waals surface area contributed by atoms with Gasteiger partial charge in [-0.3, -0.25) is 24.0 Å². The summed E-state index contributed by atoms with van der Waals surface area (Å²) in [6.07, 6.45) is 0.476. The Labute approximate surface area is 305 Å². The van der Waals surface area contributed by atoms with Crippen LogP contribution in [0.15, 0.2) is 78.9 Å². The number of halogens is 1. The topological polar surface area (TPSA) is 146 Å². The highest BCUT2D eigenvalue weighted by Crippen LogP contribution is 2.23. The van der Waals surface area contributed by atoms with Gasteiger partial charge in [0.2, 0.25) is 23.6 Å². The van der Waals surface area contributed by atoms with Crippen LogP contribution < -0.4 is 26.0 Å². The van der Waals surface area contributed by atoms with Gasteiger partial charge >= 0.3 is 0 Å². The van der Waals surface area contributed by atoms with Crippen molar-refractivity contribution in [1.29, 1.82) is 0 Å². The summed E-state index contributed by atoms with van der Waals surface area (Å²) in [4.78, 5) is 70.2. The van der Waals surface area contributed by atoms with Crippen LogP contribution in [0, 0.1) is 11.7 Å². The molecule has 11 nitrogen and oxygen atoms in total. The fraction of sp³-hybridized carbons (Fsp3) is 0.425. The predicted molar refractivity (Wildman–Crippen MR) is 196 cm³/mol. The molecule has 12 heteroatoms. The number of rotatable bonds is 8. The van der Waals surface area contributed by atoms with Crippen LogP contribution in [-0.2, 0) is 31.0 Å². The lowest BCUT2D eigenvalue weighted by molar-refractivity contribution is -0.141. The summed E-state index contributed by atoms with van der Waals surface area (Å²) < 4.78 is 19.5. The SMILES string of the molecule is CC(C)C[C@H]1C(=O)N[C@@H](Cc2ccccc2)C(=O)NCCCOc2ccccc2C(=O)N[C@H](C(=O)NCC(C)(C)c2ccc(F)cc2)CC(=O)N1C. The quantitative estimate of drug-likeness (QED) is 0.279. The second kappa shape index (κ2) is 18.3. The Bertz CT molecular complexity index is 1700. The molecular formula is C40H50FN5O6. The van der Waals surface area contributed by atoms with E-state index in [1.807, 2.05) is 58.0 Å². The van der Waals surface area contributed by atoms with Gasteiger partial charge in [0.15, 0.2) is 0 Å². The van der Waals surface area contributed by atoms with Gasteiger partial charge in [0.05, 0.1) is 18.6 Å². The van der Waals surface area contributed by atoms with Crippen molar-refractivity contribution in [3.05, 3.63) is 101 Å². The van der Waals surface area contributed by atoms with Crippen molar-refractivity contribution in [1.82, 2.24) is 26.2 Å². The van der Waals surface area contributed by atoms with Gasteiger partial charge < -0.3 is 30.9 Å². The maximum atomic E-state index is 14.0. The summed E-state index contributed by atoms with van der Waals surface area (Å²) in [6, 6.07) is 18.7. The molecular weight excluding hydrogens is 665 g/mol. The van der Waals surface area contributed by atoms with E-state index < -0.39 is 53.6 Å². The van der Waals surface area contributed by atoms with Crippen molar-refractivity contribution in [2.24, 2.45) is 5.92 Å². The van der Waals surface area contributed by atoms with Crippen molar-refractivity contribution in [2.45, 2.75) is 76.9 Å². The van der Waals surface area contributed by atoms with Gasteiger partial charge in [0.25, 0.3) is 5.91 Å². The van der Waals surface area contributed by atoms with Crippen molar-refractivity contribution >= 4 is 29.5 Å². The van der Waals surface area contributed by atoms with E-state index in [1.54, 1.807) is 36.4 Å². The Balaban J connectivity index is 1.65. The molecule has 0 fully saturated rings. The van der Waals surface area contributed by atoms with E-state index in [0.717, 1.165) is 11.1 Å². The Morgan fingerprint density at radius 3 is 2.31 bits per heavy atom. The highest BCUT2D eigenvalue weighted by atomic mass is 19.1. The number of amides is 5. The number of likely N-dealkylation sites (N-methyl/N-ethyl adjacent to an activating group) is 1. The van der Waals surface area contributed by atoms with Crippen LogP contribution in [0.4, 0.5) is 4.39 Å². The van der Waals surface area contributed by atoms with E-state index in [4.69, 9.17) is 4.74 Å². The molecule has 5 amide bonds. The first kappa shape index (κ1) is 39.5. The molecule has 0 spiro atoms. The number of nitrogens with zero attached hydrogens (tertiary/aromatic N) is 1. The average Bonchev–Trinajstić information content (AvgIpc) is 3.12. The van der Waals surface area contributed by atoms with E-state index >= 15 is 0 Å². The lowest BCUT2D eigenvalue weighted by Gasteiger charge is -2.32. The summed E-state index contributed by atoms with van der Waals surface area (Å²) >= 11 is 0. The summed E-state index contributed by atoms with van der Waals surface area (Å²) in [5, 5.41) is 11.4. The molecule has 1 heterocycles. The van der Waals surface area contributed by atoms with Gasteiger partial charge in [-0.05, 0) is 54.2 Å².